The van der Waals surface area contributed by atoms with Crippen molar-refractivity contribution in [2.45, 2.75) is 18.9 Å². The van der Waals surface area contributed by atoms with Gasteiger partial charge in [-0.2, -0.15) is 4.98 Å². The second kappa shape index (κ2) is 4.05. The average molecular weight is 219 g/mol. The zero-order chi connectivity index (χ0) is 10.8. The number of aromatic nitrogens is 4. The fourth-order valence-electron chi connectivity index (χ4n) is 1.91. The van der Waals surface area contributed by atoms with Gasteiger partial charge in [0, 0.05) is 6.54 Å². The molecule has 0 unspecified atom stereocenters. The molecule has 2 aromatic heterocycles. The molecule has 0 bridgehead atoms. The Kier molecular flexibility index (Phi) is 2.41. The maximum absolute atomic E-state index is 5.84. The second-order valence-corrected chi connectivity index (χ2v) is 3.87. The van der Waals surface area contributed by atoms with E-state index in [1.807, 2.05) is 0 Å². The number of hydrogen-bond acceptors (Lipinski definition) is 5. The lowest BCUT2D eigenvalue weighted by Gasteiger charge is -2.23. The van der Waals surface area contributed by atoms with Gasteiger partial charge in [0.25, 0.3) is 0 Å². The molecule has 2 N–H and O–H groups in total. The molecule has 2 aromatic rings. The molecular weight excluding hydrogens is 206 g/mol. The van der Waals surface area contributed by atoms with Gasteiger partial charge in [-0.1, -0.05) is 0 Å². The third-order valence-corrected chi connectivity index (χ3v) is 2.72. The number of ether oxygens (including phenoxy) is 1. The molecule has 0 radical (unpaired) electrons. The van der Waals surface area contributed by atoms with E-state index in [4.69, 9.17) is 4.74 Å². The van der Waals surface area contributed by atoms with Gasteiger partial charge < -0.3 is 15.0 Å². The number of fused-ring (bicyclic) bond motifs is 1. The molecule has 3 rings (SSSR count). The molecule has 1 fully saturated rings. The van der Waals surface area contributed by atoms with Crippen LogP contribution in [0, 0.1) is 0 Å². The summed E-state index contributed by atoms with van der Waals surface area (Å²) >= 11 is 0. The number of rotatable bonds is 2. The first-order valence-electron chi connectivity index (χ1n) is 5.45. The number of nitrogens with zero attached hydrogens (tertiary/aromatic N) is 3. The summed E-state index contributed by atoms with van der Waals surface area (Å²) in [7, 11) is 0. The Balaban J connectivity index is 1.85. The SMILES string of the molecule is c1nc(O[C@H]2CCCNC2)c2[nH]cnc2n1. The summed E-state index contributed by atoms with van der Waals surface area (Å²) in [5.41, 5.74) is 1.42. The summed E-state index contributed by atoms with van der Waals surface area (Å²) in [6.45, 7) is 1.95. The monoisotopic (exact) mass is 219 g/mol. The lowest BCUT2D eigenvalue weighted by atomic mass is 10.1. The fraction of sp³-hybridized carbons (Fsp3) is 0.500. The quantitative estimate of drug-likeness (QED) is 0.768. The first-order chi connectivity index (χ1) is 7.93. The summed E-state index contributed by atoms with van der Waals surface area (Å²) < 4.78 is 5.84. The van der Waals surface area contributed by atoms with E-state index in [0.717, 1.165) is 31.4 Å². The molecule has 6 nitrogen and oxygen atoms in total. The van der Waals surface area contributed by atoms with Crippen LogP contribution in [-0.4, -0.2) is 39.1 Å². The zero-order valence-corrected chi connectivity index (χ0v) is 8.81. The van der Waals surface area contributed by atoms with E-state index in [1.54, 1.807) is 6.33 Å². The minimum Gasteiger partial charge on any atom is -0.471 e. The highest BCUT2D eigenvalue weighted by Gasteiger charge is 2.17. The van der Waals surface area contributed by atoms with Gasteiger partial charge in [0.1, 0.15) is 17.9 Å². The lowest BCUT2D eigenvalue weighted by molar-refractivity contribution is 0.162. The molecule has 0 saturated carbocycles. The third kappa shape index (κ3) is 1.71. The molecular formula is C10H13N5O. The van der Waals surface area contributed by atoms with Crippen LogP contribution in [0.1, 0.15) is 12.8 Å². The van der Waals surface area contributed by atoms with Crippen LogP contribution in [0.25, 0.3) is 11.2 Å². The molecule has 0 aliphatic carbocycles. The molecule has 16 heavy (non-hydrogen) atoms. The van der Waals surface area contributed by atoms with Crippen LogP contribution in [0.3, 0.4) is 0 Å². The van der Waals surface area contributed by atoms with E-state index in [1.165, 1.54) is 6.33 Å². The largest absolute Gasteiger partial charge is 0.471 e. The summed E-state index contributed by atoms with van der Waals surface area (Å²) in [5.74, 6) is 0.594. The van der Waals surface area contributed by atoms with Crippen LogP contribution in [0.4, 0.5) is 0 Å². The molecule has 1 aliphatic heterocycles. The Morgan fingerprint density at radius 2 is 2.31 bits per heavy atom. The van der Waals surface area contributed by atoms with Crippen molar-refractivity contribution in [3.8, 4) is 5.88 Å². The predicted molar refractivity (Wildman–Crippen MR) is 58.2 cm³/mol. The molecule has 0 spiro atoms. The van der Waals surface area contributed by atoms with Crippen LogP contribution in [0.2, 0.25) is 0 Å². The Morgan fingerprint density at radius 3 is 3.19 bits per heavy atom. The van der Waals surface area contributed by atoms with Gasteiger partial charge in [-0.15, -0.1) is 0 Å². The summed E-state index contributed by atoms with van der Waals surface area (Å²) in [5, 5.41) is 3.30. The van der Waals surface area contributed by atoms with Crippen molar-refractivity contribution in [2.24, 2.45) is 0 Å². The van der Waals surface area contributed by atoms with Crippen LogP contribution >= 0.6 is 0 Å². The van der Waals surface area contributed by atoms with Crippen molar-refractivity contribution in [1.29, 1.82) is 0 Å². The van der Waals surface area contributed by atoms with Crippen molar-refractivity contribution < 1.29 is 4.74 Å². The molecule has 1 atom stereocenters. The summed E-state index contributed by atoms with van der Waals surface area (Å²) in [4.78, 5) is 15.3. The Labute approximate surface area is 92.5 Å². The smallest absolute Gasteiger partial charge is 0.243 e. The van der Waals surface area contributed by atoms with E-state index in [0.29, 0.717) is 11.5 Å². The van der Waals surface area contributed by atoms with E-state index in [2.05, 4.69) is 25.3 Å². The van der Waals surface area contributed by atoms with E-state index >= 15 is 0 Å². The Hall–Kier alpha value is -1.69. The molecule has 3 heterocycles. The minimum atomic E-state index is 0.190. The topological polar surface area (TPSA) is 75.7 Å². The molecule has 0 aromatic carbocycles. The lowest BCUT2D eigenvalue weighted by Crippen LogP contribution is -2.37. The van der Waals surface area contributed by atoms with Crippen molar-refractivity contribution >= 4 is 11.2 Å². The zero-order valence-electron chi connectivity index (χ0n) is 8.81. The summed E-state index contributed by atoms with van der Waals surface area (Å²) in [6.07, 6.45) is 5.48. The van der Waals surface area contributed by atoms with Crippen molar-refractivity contribution in [1.82, 2.24) is 25.3 Å². The average Bonchev–Trinajstić information content (AvgIpc) is 2.80. The molecule has 6 heteroatoms. The number of nitrogens with one attached hydrogen (secondary N) is 2. The number of aromatic amines is 1. The standard InChI is InChI=1S/C10H13N5O/c1-2-7(4-11-3-1)16-10-8-9(13-5-12-8)14-6-15-10/h5-7,11H,1-4H2,(H,12,13,14,15)/t7-/m0/s1. The van der Waals surface area contributed by atoms with Gasteiger partial charge in [0.05, 0.1) is 6.33 Å². The predicted octanol–water partition coefficient (Wildman–Crippen LogP) is 0.484. The van der Waals surface area contributed by atoms with E-state index < -0.39 is 0 Å². The highest BCUT2D eigenvalue weighted by atomic mass is 16.5. The fourth-order valence-corrected chi connectivity index (χ4v) is 1.91. The van der Waals surface area contributed by atoms with E-state index in [-0.39, 0.29) is 6.10 Å². The second-order valence-electron chi connectivity index (χ2n) is 3.87. The van der Waals surface area contributed by atoms with Crippen molar-refractivity contribution in [3.05, 3.63) is 12.7 Å². The first kappa shape index (κ1) is 9.53. The highest BCUT2D eigenvalue weighted by Crippen LogP contribution is 2.19. The van der Waals surface area contributed by atoms with Gasteiger partial charge in [-0.05, 0) is 19.4 Å². The minimum absolute atomic E-state index is 0.190. The normalized spacial score (nSPS) is 21.1. The highest BCUT2D eigenvalue weighted by molar-refractivity contribution is 5.74. The van der Waals surface area contributed by atoms with Crippen LogP contribution < -0.4 is 10.1 Å². The number of H-pyrrole nitrogens is 1. The third-order valence-electron chi connectivity index (χ3n) is 2.72. The van der Waals surface area contributed by atoms with Gasteiger partial charge in [0.2, 0.25) is 5.88 Å². The van der Waals surface area contributed by atoms with Crippen LogP contribution in [-0.2, 0) is 0 Å². The Morgan fingerprint density at radius 1 is 1.31 bits per heavy atom. The number of imidazole rings is 1. The number of piperidine rings is 1. The van der Waals surface area contributed by atoms with Crippen LogP contribution in [0.5, 0.6) is 5.88 Å². The molecule has 0 amide bonds. The van der Waals surface area contributed by atoms with Crippen molar-refractivity contribution in [3.63, 3.8) is 0 Å². The van der Waals surface area contributed by atoms with Gasteiger partial charge >= 0.3 is 0 Å². The van der Waals surface area contributed by atoms with Gasteiger partial charge in [0.15, 0.2) is 5.65 Å². The van der Waals surface area contributed by atoms with Gasteiger partial charge in [-0.3, -0.25) is 0 Å². The summed E-state index contributed by atoms with van der Waals surface area (Å²) in [6, 6.07) is 0. The van der Waals surface area contributed by atoms with Crippen molar-refractivity contribution in [2.75, 3.05) is 13.1 Å². The number of hydrogen-bond donors (Lipinski definition) is 2. The van der Waals surface area contributed by atoms with Crippen LogP contribution in [0.15, 0.2) is 12.7 Å². The molecule has 84 valence electrons. The Bertz CT molecular complexity index is 477. The maximum Gasteiger partial charge on any atom is 0.243 e. The first-order valence-corrected chi connectivity index (χ1v) is 5.45. The van der Waals surface area contributed by atoms with E-state index in [9.17, 15) is 0 Å². The van der Waals surface area contributed by atoms with Gasteiger partial charge in [-0.25, -0.2) is 9.97 Å². The maximum atomic E-state index is 5.84. The molecule has 1 aliphatic rings. The molecule has 1 saturated heterocycles.